The summed E-state index contributed by atoms with van der Waals surface area (Å²) in [5.41, 5.74) is 8.14. The van der Waals surface area contributed by atoms with Crippen LogP contribution in [0.2, 0.25) is 0 Å². The van der Waals surface area contributed by atoms with Crippen LogP contribution in [0.1, 0.15) is 12.8 Å². The van der Waals surface area contributed by atoms with E-state index in [-0.39, 0.29) is 0 Å². The van der Waals surface area contributed by atoms with Gasteiger partial charge in [-0.25, -0.2) is 4.98 Å². The van der Waals surface area contributed by atoms with Gasteiger partial charge in [0.25, 0.3) is 0 Å². The van der Waals surface area contributed by atoms with E-state index >= 15 is 0 Å². The second kappa shape index (κ2) is 4.82. The molecule has 96 valence electrons. The topological polar surface area (TPSA) is 55.3 Å². The molecule has 0 spiro atoms. The van der Waals surface area contributed by atoms with Gasteiger partial charge in [-0.05, 0) is 18.2 Å². The monoisotopic (exact) mass is 263 g/mol. The molecule has 0 radical (unpaired) electrons. The maximum Gasteiger partial charge on any atom is 0.209 e. The van der Waals surface area contributed by atoms with Crippen LogP contribution < -0.4 is 5.73 Å². The van der Waals surface area contributed by atoms with Gasteiger partial charge in [0, 0.05) is 29.8 Å². The average molecular weight is 263 g/mol. The van der Waals surface area contributed by atoms with Crippen molar-refractivity contribution >= 4 is 28.5 Å². The molecule has 1 aromatic heterocycles. The molecular weight excluding hydrogens is 246 g/mol. The highest BCUT2D eigenvalue weighted by atomic mass is 32.2. The van der Waals surface area contributed by atoms with Gasteiger partial charge in [0.05, 0.1) is 6.54 Å². The van der Waals surface area contributed by atoms with Crippen molar-refractivity contribution in [2.75, 3.05) is 24.6 Å². The second-order valence-electron chi connectivity index (χ2n) is 4.75. The molecule has 2 aromatic rings. The molecule has 0 saturated carbocycles. The third-order valence-corrected chi connectivity index (χ3v) is 4.28. The minimum Gasteiger partial charge on any atom is -0.439 e. The van der Waals surface area contributed by atoms with Crippen LogP contribution in [0.15, 0.2) is 22.6 Å². The molecule has 2 heterocycles. The van der Waals surface area contributed by atoms with Gasteiger partial charge in [-0.1, -0.05) is 6.92 Å². The highest BCUT2D eigenvalue weighted by molar-refractivity contribution is 7.99. The van der Waals surface area contributed by atoms with Crippen LogP contribution in [0.4, 0.5) is 5.69 Å². The number of benzene rings is 1. The molecule has 1 aliphatic heterocycles. The van der Waals surface area contributed by atoms with Gasteiger partial charge < -0.3 is 10.2 Å². The Hall–Kier alpha value is -1.20. The summed E-state index contributed by atoms with van der Waals surface area (Å²) in [4.78, 5) is 6.90. The number of nitrogens with zero attached hydrogens (tertiary/aromatic N) is 2. The molecule has 0 amide bonds. The van der Waals surface area contributed by atoms with Crippen molar-refractivity contribution in [1.82, 2.24) is 9.88 Å². The third kappa shape index (κ3) is 2.47. The van der Waals surface area contributed by atoms with Crippen molar-refractivity contribution in [2.24, 2.45) is 0 Å². The fourth-order valence-corrected chi connectivity index (χ4v) is 3.37. The molecule has 1 fully saturated rings. The van der Waals surface area contributed by atoms with E-state index < -0.39 is 0 Å². The van der Waals surface area contributed by atoms with E-state index in [1.165, 1.54) is 5.75 Å². The number of nitrogen functional groups attached to an aromatic ring is 1. The Morgan fingerprint density at radius 3 is 3.28 bits per heavy atom. The maximum atomic E-state index is 5.75. The first-order valence-corrected chi connectivity index (χ1v) is 7.24. The SMILES string of the molecule is CC1CN(Cc2nc3cc(N)ccc3o2)CCS1. The zero-order valence-electron chi connectivity index (χ0n) is 10.4. The summed E-state index contributed by atoms with van der Waals surface area (Å²) in [6.07, 6.45) is 0. The standard InChI is InChI=1S/C13H17N3OS/c1-9-7-16(4-5-18-9)8-13-15-11-6-10(14)2-3-12(11)17-13/h2-3,6,9H,4-5,7-8,14H2,1H3. The lowest BCUT2D eigenvalue weighted by Gasteiger charge is -2.29. The van der Waals surface area contributed by atoms with Crippen molar-refractivity contribution in [2.45, 2.75) is 18.7 Å². The van der Waals surface area contributed by atoms with Crippen molar-refractivity contribution < 1.29 is 4.42 Å². The molecule has 1 aliphatic rings. The van der Waals surface area contributed by atoms with Gasteiger partial charge in [0.2, 0.25) is 5.89 Å². The summed E-state index contributed by atoms with van der Waals surface area (Å²) in [5.74, 6) is 1.98. The summed E-state index contributed by atoms with van der Waals surface area (Å²) < 4.78 is 5.75. The molecule has 3 rings (SSSR count). The summed E-state index contributed by atoms with van der Waals surface area (Å²) in [6, 6.07) is 5.59. The van der Waals surface area contributed by atoms with Gasteiger partial charge in [0.15, 0.2) is 5.58 Å². The zero-order chi connectivity index (χ0) is 12.5. The van der Waals surface area contributed by atoms with Gasteiger partial charge in [-0.3, -0.25) is 4.90 Å². The van der Waals surface area contributed by atoms with E-state index in [2.05, 4.69) is 16.8 Å². The Morgan fingerprint density at radius 1 is 1.56 bits per heavy atom. The fraction of sp³-hybridized carbons (Fsp3) is 0.462. The van der Waals surface area contributed by atoms with E-state index in [9.17, 15) is 0 Å². The molecule has 0 aliphatic carbocycles. The van der Waals surface area contributed by atoms with Gasteiger partial charge in [0.1, 0.15) is 5.52 Å². The number of aromatic nitrogens is 1. The fourth-order valence-electron chi connectivity index (χ4n) is 2.29. The Labute approximate surface area is 111 Å². The van der Waals surface area contributed by atoms with Crippen LogP contribution in [0, 0.1) is 0 Å². The smallest absolute Gasteiger partial charge is 0.209 e. The van der Waals surface area contributed by atoms with Crippen LogP contribution in [-0.4, -0.2) is 34.0 Å². The largest absolute Gasteiger partial charge is 0.439 e. The summed E-state index contributed by atoms with van der Waals surface area (Å²) >= 11 is 2.03. The lowest BCUT2D eigenvalue weighted by atomic mass is 10.3. The van der Waals surface area contributed by atoms with E-state index in [1.54, 1.807) is 0 Å². The van der Waals surface area contributed by atoms with Crippen LogP contribution in [0.3, 0.4) is 0 Å². The normalized spacial score (nSPS) is 21.5. The first-order chi connectivity index (χ1) is 8.70. The highest BCUT2D eigenvalue weighted by Gasteiger charge is 2.18. The molecule has 5 heteroatoms. The van der Waals surface area contributed by atoms with Crippen LogP contribution in [-0.2, 0) is 6.54 Å². The number of anilines is 1. The molecule has 1 unspecified atom stereocenters. The number of rotatable bonds is 2. The molecule has 2 N–H and O–H groups in total. The molecule has 4 nitrogen and oxygen atoms in total. The highest BCUT2D eigenvalue weighted by Crippen LogP contribution is 2.22. The molecular formula is C13H17N3OS. The first kappa shape index (κ1) is 11.9. The second-order valence-corrected chi connectivity index (χ2v) is 6.30. The number of hydrogen-bond donors (Lipinski definition) is 1. The molecule has 1 saturated heterocycles. The van der Waals surface area contributed by atoms with E-state index in [0.29, 0.717) is 5.25 Å². The number of nitrogens with two attached hydrogens (primary N) is 1. The van der Waals surface area contributed by atoms with E-state index in [0.717, 1.165) is 42.3 Å². The van der Waals surface area contributed by atoms with Crippen LogP contribution in [0.25, 0.3) is 11.1 Å². The van der Waals surface area contributed by atoms with E-state index in [1.807, 2.05) is 30.0 Å². The van der Waals surface area contributed by atoms with Gasteiger partial charge in [-0.2, -0.15) is 11.8 Å². The molecule has 0 bridgehead atoms. The number of thioether (sulfide) groups is 1. The molecule has 1 atom stereocenters. The summed E-state index contributed by atoms with van der Waals surface area (Å²) in [6.45, 7) is 5.27. The Kier molecular flexibility index (Phi) is 3.18. The average Bonchev–Trinajstić information content (AvgIpc) is 2.70. The van der Waals surface area contributed by atoms with Gasteiger partial charge >= 0.3 is 0 Å². The lowest BCUT2D eigenvalue weighted by Crippen LogP contribution is -2.36. The number of oxazole rings is 1. The van der Waals surface area contributed by atoms with Crippen molar-refractivity contribution in [1.29, 1.82) is 0 Å². The van der Waals surface area contributed by atoms with Crippen molar-refractivity contribution in [3.8, 4) is 0 Å². The first-order valence-electron chi connectivity index (χ1n) is 6.19. The Balaban J connectivity index is 1.78. The molecule has 1 aromatic carbocycles. The van der Waals surface area contributed by atoms with Crippen LogP contribution >= 0.6 is 11.8 Å². The van der Waals surface area contributed by atoms with Crippen molar-refractivity contribution in [3.63, 3.8) is 0 Å². The number of fused-ring (bicyclic) bond motifs is 1. The molecule has 18 heavy (non-hydrogen) atoms. The predicted octanol–water partition coefficient (Wildman–Crippen LogP) is 2.35. The number of hydrogen-bond acceptors (Lipinski definition) is 5. The third-order valence-electron chi connectivity index (χ3n) is 3.14. The van der Waals surface area contributed by atoms with Crippen LogP contribution in [0.5, 0.6) is 0 Å². The minimum atomic E-state index is 0.693. The van der Waals surface area contributed by atoms with Crippen molar-refractivity contribution in [3.05, 3.63) is 24.1 Å². The quantitative estimate of drug-likeness (QED) is 0.843. The Bertz CT molecular complexity index is 554. The van der Waals surface area contributed by atoms with Gasteiger partial charge in [-0.15, -0.1) is 0 Å². The predicted molar refractivity (Wildman–Crippen MR) is 75.6 cm³/mol. The zero-order valence-corrected chi connectivity index (χ0v) is 11.2. The Morgan fingerprint density at radius 2 is 2.44 bits per heavy atom. The summed E-state index contributed by atoms with van der Waals surface area (Å²) in [7, 11) is 0. The maximum absolute atomic E-state index is 5.75. The lowest BCUT2D eigenvalue weighted by molar-refractivity contribution is 0.252. The summed E-state index contributed by atoms with van der Waals surface area (Å²) in [5, 5.41) is 0.693. The van der Waals surface area contributed by atoms with E-state index in [4.69, 9.17) is 10.2 Å². The minimum absolute atomic E-state index is 0.693.